The van der Waals surface area contributed by atoms with Gasteiger partial charge in [0, 0.05) is 5.56 Å². The van der Waals surface area contributed by atoms with Gasteiger partial charge in [-0.05, 0) is 59.5 Å². The highest BCUT2D eigenvalue weighted by atomic mass is 19.1. The number of methoxy groups -OCH3 is 1. The summed E-state index contributed by atoms with van der Waals surface area (Å²) in [5.74, 6) is -1.16. The van der Waals surface area contributed by atoms with E-state index in [-0.39, 0.29) is 11.7 Å². The zero-order valence-electron chi connectivity index (χ0n) is 16.3. The van der Waals surface area contributed by atoms with Crippen molar-refractivity contribution in [3.8, 4) is 0 Å². The fraction of sp³-hybridized carbons (Fsp3) is 0.167. The maximum Gasteiger partial charge on any atom is 0.337 e. The van der Waals surface area contributed by atoms with Crippen LogP contribution in [0.15, 0.2) is 72.8 Å². The molecule has 1 N–H and O–H groups in total. The Morgan fingerprint density at radius 2 is 1.59 bits per heavy atom. The van der Waals surface area contributed by atoms with Crippen molar-refractivity contribution in [2.24, 2.45) is 0 Å². The van der Waals surface area contributed by atoms with Gasteiger partial charge in [0.1, 0.15) is 5.82 Å². The zero-order chi connectivity index (χ0) is 20.8. The van der Waals surface area contributed by atoms with Gasteiger partial charge in [0.15, 0.2) is 0 Å². The van der Waals surface area contributed by atoms with Gasteiger partial charge < -0.3 is 10.1 Å². The highest BCUT2D eigenvalue weighted by Gasteiger charge is 2.19. The smallest absolute Gasteiger partial charge is 0.337 e. The lowest BCUT2D eigenvalue weighted by molar-refractivity contribution is 0.0600. The Bertz CT molecular complexity index is 997. The Hall–Kier alpha value is -3.47. The van der Waals surface area contributed by atoms with Crippen LogP contribution in [0.1, 0.15) is 50.4 Å². The molecule has 29 heavy (non-hydrogen) atoms. The van der Waals surface area contributed by atoms with E-state index in [2.05, 4.69) is 17.0 Å². The van der Waals surface area contributed by atoms with E-state index in [4.69, 9.17) is 0 Å². The molecule has 0 radical (unpaired) electrons. The standard InChI is InChI=1S/C24H22FNO3/c1-3-16-7-9-17(10-8-16)22(20-5-4-6-21(25)15-20)26-23(27)18-11-13-19(14-12-18)24(28)29-2/h4-15,22H,3H2,1-2H3,(H,26,27)/t22-/m1/s1. The summed E-state index contributed by atoms with van der Waals surface area (Å²) in [6, 6.07) is 19.7. The maximum atomic E-state index is 13.8. The first-order valence-electron chi connectivity index (χ1n) is 9.35. The van der Waals surface area contributed by atoms with Gasteiger partial charge in [-0.1, -0.05) is 43.3 Å². The Kier molecular flexibility index (Phi) is 6.39. The van der Waals surface area contributed by atoms with E-state index >= 15 is 0 Å². The van der Waals surface area contributed by atoms with E-state index in [1.54, 1.807) is 24.3 Å². The van der Waals surface area contributed by atoms with E-state index < -0.39 is 12.0 Å². The number of esters is 1. The quantitative estimate of drug-likeness (QED) is 0.620. The molecule has 3 rings (SSSR count). The van der Waals surface area contributed by atoms with Crippen molar-refractivity contribution < 1.29 is 18.7 Å². The third-order valence-corrected chi connectivity index (χ3v) is 4.75. The summed E-state index contributed by atoms with van der Waals surface area (Å²) in [7, 11) is 1.30. The van der Waals surface area contributed by atoms with Crippen LogP contribution in [-0.4, -0.2) is 19.0 Å². The highest BCUT2D eigenvalue weighted by Crippen LogP contribution is 2.24. The average molecular weight is 391 g/mol. The number of hydrogen-bond donors (Lipinski definition) is 1. The first-order chi connectivity index (χ1) is 14.0. The molecule has 4 nitrogen and oxygen atoms in total. The Morgan fingerprint density at radius 1 is 0.931 bits per heavy atom. The van der Waals surface area contributed by atoms with Crippen LogP contribution < -0.4 is 5.32 Å². The number of nitrogens with one attached hydrogen (secondary N) is 1. The van der Waals surface area contributed by atoms with Crippen molar-refractivity contribution in [3.05, 3.63) is 106 Å². The van der Waals surface area contributed by atoms with E-state index in [0.29, 0.717) is 16.7 Å². The number of carbonyl (C=O) groups excluding carboxylic acids is 2. The van der Waals surface area contributed by atoms with Crippen molar-refractivity contribution in [2.75, 3.05) is 7.11 Å². The second-order valence-corrected chi connectivity index (χ2v) is 6.63. The van der Waals surface area contributed by atoms with Gasteiger partial charge in [0.2, 0.25) is 0 Å². The molecule has 0 saturated heterocycles. The van der Waals surface area contributed by atoms with Gasteiger partial charge >= 0.3 is 5.97 Å². The number of amides is 1. The predicted octanol–water partition coefficient (Wildman–Crippen LogP) is 4.69. The molecule has 1 atom stereocenters. The van der Waals surface area contributed by atoms with E-state index in [9.17, 15) is 14.0 Å². The summed E-state index contributed by atoms with van der Waals surface area (Å²) < 4.78 is 18.5. The van der Waals surface area contributed by atoms with Gasteiger partial charge in [-0.3, -0.25) is 4.79 Å². The van der Waals surface area contributed by atoms with Crippen LogP contribution in [0.3, 0.4) is 0 Å². The van der Waals surface area contributed by atoms with Crippen LogP contribution >= 0.6 is 0 Å². The molecule has 148 valence electrons. The summed E-state index contributed by atoms with van der Waals surface area (Å²) in [4.78, 5) is 24.4. The first kappa shape index (κ1) is 20.3. The molecule has 0 bridgehead atoms. The molecule has 0 fully saturated rings. The number of rotatable bonds is 6. The third kappa shape index (κ3) is 4.88. The number of benzene rings is 3. The Morgan fingerprint density at radius 3 is 2.17 bits per heavy atom. The van der Waals surface area contributed by atoms with Crippen molar-refractivity contribution in [3.63, 3.8) is 0 Å². The molecule has 1 amide bonds. The summed E-state index contributed by atoms with van der Waals surface area (Å²) in [6.45, 7) is 2.07. The fourth-order valence-electron chi connectivity index (χ4n) is 3.08. The van der Waals surface area contributed by atoms with Gasteiger partial charge in [-0.2, -0.15) is 0 Å². The predicted molar refractivity (Wildman–Crippen MR) is 109 cm³/mol. The molecule has 0 aliphatic rings. The lowest BCUT2D eigenvalue weighted by Crippen LogP contribution is -2.29. The minimum atomic E-state index is -0.510. The van der Waals surface area contributed by atoms with Gasteiger partial charge in [0.25, 0.3) is 5.91 Å². The zero-order valence-corrected chi connectivity index (χ0v) is 16.3. The molecular formula is C24H22FNO3. The van der Waals surface area contributed by atoms with Crippen molar-refractivity contribution >= 4 is 11.9 Å². The van der Waals surface area contributed by atoms with Gasteiger partial charge in [0.05, 0.1) is 18.7 Å². The molecule has 0 heterocycles. The molecule has 3 aromatic rings. The van der Waals surface area contributed by atoms with Crippen LogP contribution in [0.5, 0.6) is 0 Å². The normalized spacial score (nSPS) is 11.6. The lowest BCUT2D eigenvalue weighted by atomic mass is 9.96. The monoisotopic (exact) mass is 391 g/mol. The summed E-state index contributed by atoms with van der Waals surface area (Å²) in [5, 5.41) is 2.97. The molecule has 0 spiro atoms. The van der Waals surface area contributed by atoms with Crippen LogP contribution in [-0.2, 0) is 11.2 Å². The average Bonchev–Trinajstić information content (AvgIpc) is 2.77. The van der Waals surface area contributed by atoms with E-state index in [1.165, 1.54) is 36.9 Å². The minimum Gasteiger partial charge on any atom is -0.465 e. The lowest BCUT2D eigenvalue weighted by Gasteiger charge is -2.20. The highest BCUT2D eigenvalue weighted by molar-refractivity contribution is 5.96. The Balaban J connectivity index is 1.89. The molecule has 0 saturated carbocycles. The topological polar surface area (TPSA) is 55.4 Å². The van der Waals surface area contributed by atoms with Crippen molar-refractivity contribution in [1.82, 2.24) is 5.32 Å². The largest absolute Gasteiger partial charge is 0.465 e. The number of hydrogen-bond acceptors (Lipinski definition) is 3. The number of aryl methyl sites for hydroxylation is 1. The third-order valence-electron chi connectivity index (χ3n) is 4.75. The summed E-state index contributed by atoms with van der Waals surface area (Å²) in [6.07, 6.45) is 0.907. The molecule has 0 unspecified atom stereocenters. The molecule has 3 aromatic carbocycles. The van der Waals surface area contributed by atoms with Crippen LogP contribution in [0.2, 0.25) is 0 Å². The summed E-state index contributed by atoms with van der Waals surface area (Å²) >= 11 is 0. The van der Waals surface area contributed by atoms with Gasteiger partial charge in [-0.25, -0.2) is 9.18 Å². The SMILES string of the molecule is CCc1ccc([C@@H](NC(=O)c2ccc(C(=O)OC)cc2)c2cccc(F)c2)cc1. The molecule has 0 aliphatic heterocycles. The van der Waals surface area contributed by atoms with Gasteiger partial charge in [-0.15, -0.1) is 0 Å². The second kappa shape index (κ2) is 9.15. The van der Waals surface area contributed by atoms with E-state index in [1.807, 2.05) is 24.3 Å². The van der Waals surface area contributed by atoms with E-state index in [0.717, 1.165) is 12.0 Å². The van der Waals surface area contributed by atoms with Crippen LogP contribution in [0.4, 0.5) is 4.39 Å². The fourth-order valence-corrected chi connectivity index (χ4v) is 3.08. The first-order valence-corrected chi connectivity index (χ1v) is 9.35. The summed E-state index contributed by atoms with van der Waals surface area (Å²) in [5.41, 5.74) is 3.43. The molecule has 0 aliphatic carbocycles. The molecular weight excluding hydrogens is 369 g/mol. The van der Waals surface area contributed by atoms with Crippen molar-refractivity contribution in [2.45, 2.75) is 19.4 Å². The minimum absolute atomic E-state index is 0.324. The maximum absolute atomic E-state index is 13.8. The number of carbonyl (C=O) groups is 2. The number of halogens is 1. The second-order valence-electron chi connectivity index (χ2n) is 6.63. The van der Waals surface area contributed by atoms with Crippen molar-refractivity contribution in [1.29, 1.82) is 0 Å². The molecule has 5 heteroatoms. The Labute approximate surface area is 169 Å². The molecule has 0 aromatic heterocycles. The number of ether oxygens (including phenoxy) is 1. The van der Waals surface area contributed by atoms with Crippen LogP contribution in [0.25, 0.3) is 0 Å². The van der Waals surface area contributed by atoms with Crippen LogP contribution in [0, 0.1) is 5.82 Å².